The number of aryl methyl sites for hydroxylation is 1. The van der Waals surface area contributed by atoms with E-state index >= 15 is 0 Å². The van der Waals surface area contributed by atoms with Gasteiger partial charge in [0, 0.05) is 0 Å². The summed E-state index contributed by atoms with van der Waals surface area (Å²) in [5.41, 5.74) is 2.94. The van der Waals surface area contributed by atoms with Crippen LogP contribution in [0.25, 0.3) is 11.0 Å². The Morgan fingerprint density at radius 3 is 2.79 bits per heavy atom. The lowest BCUT2D eigenvalue weighted by Gasteiger charge is -2.09. The number of hydrogen-bond donors (Lipinski definition) is 0. The third-order valence-electron chi connectivity index (χ3n) is 3.21. The summed E-state index contributed by atoms with van der Waals surface area (Å²) in [4.78, 5) is 4.52. The number of para-hydroxylation sites is 2. The number of imidazole rings is 1. The zero-order valence-electron chi connectivity index (χ0n) is 10.4. The average molecular weight is 319 g/mol. The van der Waals surface area contributed by atoms with Gasteiger partial charge in [0.25, 0.3) is 0 Å². The van der Waals surface area contributed by atoms with E-state index in [0.717, 1.165) is 22.4 Å². The van der Waals surface area contributed by atoms with Crippen molar-refractivity contribution in [2.45, 2.75) is 13.5 Å². The first kappa shape index (κ1) is 12.4. The van der Waals surface area contributed by atoms with Crippen LogP contribution in [0.1, 0.15) is 11.4 Å². The average Bonchev–Trinajstić information content (AvgIpc) is 2.72. The molecular weight excluding hydrogens is 307 g/mol. The molecule has 0 spiro atoms. The Morgan fingerprint density at radius 1 is 1.16 bits per heavy atom. The van der Waals surface area contributed by atoms with E-state index in [2.05, 4.69) is 25.5 Å². The summed E-state index contributed by atoms with van der Waals surface area (Å²) < 4.78 is 16.2. The molecule has 0 aliphatic carbocycles. The van der Waals surface area contributed by atoms with Gasteiger partial charge in [0.2, 0.25) is 0 Å². The van der Waals surface area contributed by atoms with Gasteiger partial charge in [-0.1, -0.05) is 24.3 Å². The second-order valence-electron chi connectivity index (χ2n) is 4.45. The van der Waals surface area contributed by atoms with Crippen molar-refractivity contribution in [2.75, 3.05) is 0 Å². The second kappa shape index (κ2) is 4.78. The van der Waals surface area contributed by atoms with E-state index in [9.17, 15) is 4.39 Å². The van der Waals surface area contributed by atoms with Crippen molar-refractivity contribution in [3.8, 4) is 0 Å². The van der Waals surface area contributed by atoms with Gasteiger partial charge < -0.3 is 4.57 Å². The molecule has 1 heterocycles. The SMILES string of the molecule is Cc1nc2ccccc2n1Cc1cccc(F)c1Br. The largest absolute Gasteiger partial charge is 0.324 e. The van der Waals surface area contributed by atoms with Gasteiger partial charge in [-0.05, 0) is 46.6 Å². The standard InChI is InChI=1S/C15H12BrFN2/c1-10-18-13-7-2-3-8-14(13)19(10)9-11-5-4-6-12(17)15(11)16/h2-8H,9H2,1H3. The maximum Gasteiger partial charge on any atom is 0.137 e. The van der Waals surface area contributed by atoms with Crippen LogP contribution in [0.4, 0.5) is 4.39 Å². The van der Waals surface area contributed by atoms with Crippen LogP contribution >= 0.6 is 15.9 Å². The minimum Gasteiger partial charge on any atom is -0.324 e. The molecule has 19 heavy (non-hydrogen) atoms. The van der Waals surface area contributed by atoms with Crippen LogP contribution in [0, 0.1) is 12.7 Å². The molecule has 0 saturated heterocycles. The highest BCUT2D eigenvalue weighted by molar-refractivity contribution is 9.10. The first-order chi connectivity index (χ1) is 9.16. The number of halogens is 2. The number of rotatable bonds is 2. The lowest BCUT2D eigenvalue weighted by molar-refractivity contribution is 0.616. The molecule has 0 N–H and O–H groups in total. The van der Waals surface area contributed by atoms with Gasteiger partial charge in [0.05, 0.1) is 22.1 Å². The second-order valence-corrected chi connectivity index (χ2v) is 5.24. The highest BCUT2D eigenvalue weighted by atomic mass is 79.9. The minimum atomic E-state index is -0.237. The third-order valence-corrected chi connectivity index (χ3v) is 4.09. The van der Waals surface area contributed by atoms with E-state index in [4.69, 9.17) is 0 Å². The minimum absolute atomic E-state index is 0.237. The molecule has 0 bridgehead atoms. The summed E-state index contributed by atoms with van der Waals surface area (Å²) in [6.45, 7) is 2.57. The Hall–Kier alpha value is -1.68. The molecular formula is C15H12BrFN2. The first-order valence-electron chi connectivity index (χ1n) is 6.01. The Kier molecular flexibility index (Phi) is 3.11. The molecule has 0 fully saturated rings. The van der Waals surface area contributed by atoms with E-state index in [-0.39, 0.29) is 5.82 Å². The number of nitrogens with zero attached hydrogens (tertiary/aromatic N) is 2. The monoisotopic (exact) mass is 318 g/mol. The van der Waals surface area contributed by atoms with Crippen LogP contribution in [0.15, 0.2) is 46.9 Å². The fourth-order valence-electron chi connectivity index (χ4n) is 2.24. The topological polar surface area (TPSA) is 17.8 Å². The van der Waals surface area contributed by atoms with Crippen molar-refractivity contribution < 1.29 is 4.39 Å². The molecule has 0 unspecified atom stereocenters. The Morgan fingerprint density at radius 2 is 1.95 bits per heavy atom. The predicted octanol–water partition coefficient (Wildman–Crippen LogP) is 4.29. The van der Waals surface area contributed by atoms with Gasteiger partial charge in [-0.25, -0.2) is 9.37 Å². The van der Waals surface area contributed by atoms with Crippen LogP contribution in [-0.4, -0.2) is 9.55 Å². The highest BCUT2D eigenvalue weighted by Gasteiger charge is 2.10. The Bertz CT molecular complexity index is 749. The van der Waals surface area contributed by atoms with Crippen LogP contribution in [-0.2, 0) is 6.54 Å². The number of hydrogen-bond acceptors (Lipinski definition) is 1. The summed E-state index contributed by atoms with van der Waals surface area (Å²) in [6.07, 6.45) is 0. The van der Waals surface area contributed by atoms with E-state index in [0.29, 0.717) is 11.0 Å². The summed E-state index contributed by atoms with van der Waals surface area (Å²) in [7, 11) is 0. The van der Waals surface area contributed by atoms with E-state index in [1.165, 1.54) is 6.07 Å². The zero-order valence-corrected chi connectivity index (χ0v) is 12.0. The van der Waals surface area contributed by atoms with Crippen molar-refractivity contribution in [1.29, 1.82) is 0 Å². The zero-order chi connectivity index (χ0) is 13.4. The van der Waals surface area contributed by atoms with Crippen molar-refractivity contribution in [2.24, 2.45) is 0 Å². The Balaban J connectivity index is 2.11. The van der Waals surface area contributed by atoms with Gasteiger partial charge in [0.15, 0.2) is 0 Å². The van der Waals surface area contributed by atoms with Crippen molar-refractivity contribution >= 4 is 27.0 Å². The molecule has 0 radical (unpaired) electrons. The van der Waals surface area contributed by atoms with Crippen LogP contribution in [0.3, 0.4) is 0 Å². The smallest absolute Gasteiger partial charge is 0.137 e. The maximum absolute atomic E-state index is 13.6. The van der Waals surface area contributed by atoms with Gasteiger partial charge >= 0.3 is 0 Å². The molecule has 2 nitrogen and oxygen atoms in total. The lowest BCUT2D eigenvalue weighted by atomic mass is 10.2. The van der Waals surface area contributed by atoms with Crippen molar-refractivity contribution in [3.63, 3.8) is 0 Å². The van der Waals surface area contributed by atoms with Crippen molar-refractivity contribution in [3.05, 3.63) is 64.1 Å². The summed E-state index contributed by atoms with van der Waals surface area (Å²) in [5, 5.41) is 0. The molecule has 96 valence electrons. The maximum atomic E-state index is 13.6. The highest BCUT2D eigenvalue weighted by Crippen LogP contribution is 2.24. The molecule has 4 heteroatoms. The molecule has 2 aromatic carbocycles. The molecule has 0 amide bonds. The fourth-order valence-corrected chi connectivity index (χ4v) is 2.63. The quantitative estimate of drug-likeness (QED) is 0.689. The number of benzene rings is 2. The summed E-state index contributed by atoms with van der Waals surface area (Å²) in [5.74, 6) is 0.692. The van der Waals surface area contributed by atoms with Crippen LogP contribution in [0.2, 0.25) is 0 Å². The number of aromatic nitrogens is 2. The fraction of sp³-hybridized carbons (Fsp3) is 0.133. The normalized spacial score (nSPS) is 11.1. The number of fused-ring (bicyclic) bond motifs is 1. The van der Waals surface area contributed by atoms with Gasteiger partial charge in [-0.3, -0.25) is 0 Å². The molecule has 1 aromatic heterocycles. The van der Waals surface area contributed by atoms with E-state index < -0.39 is 0 Å². The Labute approximate surface area is 119 Å². The predicted molar refractivity (Wildman–Crippen MR) is 77.7 cm³/mol. The van der Waals surface area contributed by atoms with Gasteiger partial charge in [-0.2, -0.15) is 0 Å². The van der Waals surface area contributed by atoms with Gasteiger partial charge in [0.1, 0.15) is 11.6 Å². The third kappa shape index (κ3) is 2.16. The van der Waals surface area contributed by atoms with Crippen LogP contribution in [0.5, 0.6) is 0 Å². The van der Waals surface area contributed by atoms with Crippen molar-refractivity contribution in [1.82, 2.24) is 9.55 Å². The van der Waals surface area contributed by atoms with Gasteiger partial charge in [-0.15, -0.1) is 0 Å². The lowest BCUT2D eigenvalue weighted by Crippen LogP contribution is -2.03. The first-order valence-corrected chi connectivity index (χ1v) is 6.81. The molecule has 3 rings (SSSR count). The molecule has 0 aliphatic rings. The summed E-state index contributed by atoms with van der Waals surface area (Å²) in [6, 6.07) is 13.1. The molecule has 0 aliphatic heterocycles. The molecule has 0 saturated carbocycles. The summed E-state index contributed by atoms with van der Waals surface area (Å²) >= 11 is 3.31. The molecule has 0 atom stereocenters. The van der Waals surface area contributed by atoms with E-state index in [1.807, 2.05) is 37.3 Å². The van der Waals surface area contributed by atoms with E-state index in [1.54, 1.807) is 6.07 Å². The molecule has 3 aromatic rings. The van der Waals surface area contributed by atoms with Crippen LogP contribution < -0.4 is 0 Å².